The summed E-state index contributed by atoms with van der Waals surface area (Å²) in [5, 5.41) is 10.7. The number of phosphoric acid groups is 2. The first-order chi connectivity index (χ1) is 50.7. The molecule has 0 amide bonds. The maximum atomic E-state index is 13.1. The van der Waals surface area contributed by atoms with E-state index < -0.39 is 97.5 Å². The lowest BCUT2D eigenvalue weighted by Crippen LogP contribution is -2.30. The van der Waals surface area contributed by atoms with Gasteiger partial charge in [0.1, 0.15) is 19.3 Å². The van der Waals surface area contributed by atoms with Crippen molar-refractivity contribution >= 4 is 39.5 Å². The van der Waals surface area contributed by atoms with Gasteiger partial charge in [-0.25, -0.2) is 9.13 Å². The van der Waals surface area contributed by atoms with Gasteiger partial charge in [-0.3, -0.25) is 37.3 Å². The average molecular weight is 1500 g/mol. The predicted octanol–water partition coefficient (Wildman–Crippen LogP) is 24.1. The summed E-state index contributed by atoms with van der Waals surface area (Å²) in [6.45, 7) is 4.69. The Morgan fingerprint density at radius 2 is 0.500 bits per heavy atom. The molecule has 0 aliphatic heterocycles. The second-order valence-corrected chi connectivity index (χ2v) is 30.2. The van der Waals surface area contributed by atoms with Crippen molar-refractivity contribution in [1.82, 2.24) is 0 Å². The van der Waals surface area contributed by atoms with E-state index in [2.05, 4.69) is 137 Å². The fraction of sp³-hybridized carbons (Fsp3) is 0.741. The molecule has 5 atom stereocenters. The summed E-state index contributed by atoms with van der Waals surface area (Å²) in [4.78, 5) is 73.1. The van der Waals surface area contributed by atoms with Crippen LogP contribution in [-0.2, 0) is 65.4 Å². The smallest absolute Gasteiger partial charge is 0.462 e. The summed E-state index contributed by atoms with van der Waals surface area (Å²) < 4.78 is 68.7. The van der Waals surface area contributed by atoms with Crippen LogP contribution < -0.4 is 0 Å². The predicted molar refractivity (Wildman–Crippen MR) is 427 cm³/mol. The fourth-order valence-electron chi connectivity index (χ4n) is 10.9. The third kappa shape index (κ3) is 75.9. The molecule has 0 aromatic carbocycles. The molecule has 17 nitrogen and oxygen atoms in total. The Hall–Kier alpha value is -4.28. The maximum Gasteiger partial charge on any atom is 0.472 e. The fourth-order valence-corrected chi connectivity index (χ4v) is 12.5. The lowest BCUT2D eigenvalue weighted by molar-refractivity contribution is -0.161. The van der Waals surface area contributed by atoms with E-state index in [1.807, 2.05) is 0 Å². The van der Waals surface area contributed by atoms with E-state index in [4.69, 9.17) is 37.0 Å². The number of ether oxygens (including phenoxy) is 4. The highest BCUT2D eigenvalue weighted by molar-refractivity contribution is 7.47. The van der Waals surface area contributed by atoms with Crippen molar-refractivity contribution in [2.24, 2.45) is 0 Å². The second kappa shape index (κ2) is 76.9. The SMILES string of the molecule is CC/C=C\C/C=C\C/C=C\C/C=C\C/C=C\CCCCCC(=O)O[C@H](COC(=O)CCCCCCC/C=C\C/C=C\CCCCC)COP(=O)(O)OC[C@@H](O)COP(=O)(O)OC[C@@H](COC(=O)CCCCCCC/C=C\CCCCCCCC)OC(=O)CCCCCCCCC/C=C\CCCCCC. The summed E-state index contributed by atoms with van der Waals surface area (Å²) in [5.74, 6) is -2.23. The summed E-state index contributed by atoms with van der Waals surface area (Å²) in [5.41, 5.74) is 0. The number of allylic oxidation sites excluding steroid dienone is 18. The number of aliphatic hydroxyl groups excluding tert-OH is 1. The molecule has 0 aliphatic rings. The number of unbranched alkanes of at least 4 members (excludes halogenated alkanes) is 33. The number of hydrogen-bond donors (Lipinski definition) is 3. The van der Waals surface area contributed by atoms with E-state index >= 15 is 0 Å². The van der Waals surface area contributed by atoms with Crippen molar-refractivity contribution in [3.8, 4) is 0 Å². The molecule has 0 fully saturated rings. The van der Waals surface area contributed by atoms with Gasteiger partial charge in [0.05, 0.1) is 26.4 Å². The van der Waals surface area contributed by atoms with E-state index in [-0.39, 0.29) is 25.7 Å². The van der Waals surface area contributed by atoms with Gasteiger partial charge >= 0.3 is 39.5 Å². The van der Waals surface area contributed by atoms with Crippen LogP contribution in [0.5, 0.6) is 0 Å². The Labute approximate surface area is 632 Å². The monoisotopic (exact) mass is 1500 g/mol. The molecule has 0 aromatic heterocycles. The highest BCUT2D eigenvalue weighted by Gasteiger charge is 2.30. The van der Waals surface area contributed by atoms with E-state index in [9.17, 15) is 43.2 Å². The number of carbonyl (C=O) groups excluding carboxylic acids is 4. The van der Waals surface area contributed by atoms with Crippen LogP contribution in [0, 0.1) is 0 Å². The van der Waals surface area contributed by atoms with Crippen LogP contribution in [0.25, 0.3) is 0 Å². The first-order valence-electron chi connectivity index (χ1n) is 41.1. The molecule has 0 rings (SSSR count). The molecule has 19 heteroatoms. The lowest BCUT2D eigenvalue weighted by atomic mass is 10.1. The van der Waals surface area contributed by atoms with E-state index in [1.165, 1.54) is 83.5 Å². The quantitative estimate of drug-likeness (QED) is 0.0169. The topological polar surface area (TPSA) is 237 Å². The molecule has 0 saturated heterocycles. The van der Waals surface area contributed by atoms with Gasteiger partial charge in [-0.15, -0.1) is 0 Å². The van der Waals surface area contributed by atoms with Gasteiger partial charge in [-0.05, 0) is 154 Å². The second-order valence-electron chi connectivity index (χ2n) is 27.3. The first-order valence-corrected chi connectivity index (χ1v) is 44.1. The minimum Gasteiger partial charge on any atom is -0.462 e. The molecular formula is C85H148O17P2. The van der Waals surface area contributed by atoms with E-state index in [1.54, 1.807) is 0 Å². The van der Waals surface area contributed by atoms with Gasteiger partial charge < -0.3 is 33.8 Å². The Morgan fingerprint density at radius 3 is 0.817 bits per heavy atom. The molecule has 0 heterocycles. The summed E-state index contributed by atoms with van der Waals surface area (Å²) >= 11 is 0. The Kier molecular flexibility index (Phi) is 73.7. The van der Waals surface area contributed by atoms with Crippen molar-refractivity contribution in [2.45, 2.75) is 367 Å². The van der Waals surface area contributed by atoms with Crippen LogP contribution in [0.15, 0.2) is 109 Å². The molecule has 2 unspecified atom stereocenters. The van der Waals surface area contributed by atoms with Crippen molar-refractivity contribution in [2.75, 3.05) is 39.6 Å². The molecule has 0 saturated carbocycles. The highest BCUT2D eigenvalue weighted by atomic mass is 31.2. The molecule has 104 heavy (non-hydrogen) atoms. The minimum atomic E-state index is -4.99. The van der Waals surface area contributed by atoms with Crippen molar-refractivity contribution in [1.29, 1.82) is 0 Å². The third-order valence-electron chi connectivity index (χ3n) is 17.2. The Bertz CT molecular complexity index is 2390. The standard InChI is InChI=1S/C85H148O17P2/c1-5-9-13-17-21-25-29-33-37-38-39-40-44-48-52-56-60-64-68-72-85(90)102-81(76-96-83(88)70-66-62-58-54-50-46-42-35-31-27-23-19-15-11-7-3)78-100-104(93,94)98-74-79(86)73-97-103(91,92)99-77-80(101-84(89)71-67-63-59-55-51-47-43-36-32-28-24-20-16-12-8-4)75-95-82(87)69-65-61-57-53-49-45-41-34-30-26-22-18-14-10-6-2/h9,13,21,23,25,27-28,32-35,37,39-42,48,52,79-81,86H,5-8,10-12,14-20,22,24,26,29-31,36,38,43-47,49-51,53-78H2,1-4H3,(H,91,92)(H,93,94)/b13-9-,25-21-,27-23-,32-28-,37-33-,40-39-,41-34-,42-35-,52-48-/t79-,80+,81+/m0/s1. The zero-order valence-electron chi connectivity index (χ0n) is 65.7. The van der Waals surface area contributed by atoms with Crippen LogP contribution in [0.1, 0.15) is 349 Å². The summed E-state index contributed by atoms with van der Waals surface area (Å²) in [6.07, 6.45) is 83.4. The number of hydrogen-bond acceptors (Lipinski definition) is 15. The molecule has 0 bridgehead atoms. The first kappa shape index (κ1) is 99.7. The zero-order valence-corrected chi connectivity index (χ0v) is 67.5. The average Bonchev–Trinajstić information content (AvgIpc) is 0.943. The van der Waals surface area contributed by atoms with Gasteiger partial charge in [0.2, 0.25) is 0 Å². The number of aliphatic hydroxyl groups is 1. The van der Waals surface area contributed by atoms with Gasteiger partial charge in [-0.1, -0.05) is 278 Å². The largest absolute Gasteiger partial charge is 0.472 e. The molecule has 0 aromatic rings. The molecule has 3 N–H and O–H groups in total. The number of rotatable bonds is 77. The molecule has 0 aliphatic carbocycles. The van der Waals surface area contributed by atoms with Crippen LogP contribution in [0.4, 0.5) is 0 Å². The van der Waals surface area contributed by atoms with Crippen molar-refractivity contribution in [3.05, 3.63) is 109 Å². The van der Waals surface area contributed by atoms with Gasteiger partial charge in [0, 0.05) is 25.7 Å². The molecule has 0 radical (unpaired) electrons. The van der Waals surface area contributed by atoms with Gasteiger partial charge in [0.15, 0.2) is 12.2 Å². The van der Waals surface area contributed by atoms with Crippen LogP contribution in [0.2, 0.25) is 0 Å². The van der Waals surface area contributed by atoms with Crippen LogP contribution >= 0.6 is 15.6 Å². The minimum absolute atomic E-state index is 0.0515. The van der Waals surface area contributed by atoms with Crippen LogP contribution in [-0.4, -0.2) is 96.7 Å². The molecular weight excluding hydrogens is 1350 g/mol. The van der Waals surface area contributed by atoms with Gasteiger partial charge in [0.25, 0.3) is 0 Å². The van der Waals surface area contributed by atoms with Gasteiger partial charge in [-0.2, -0.15) is 0 Å². The Balaban J connectivity index is 5.41. The normalized spacial score (nSPS) is 14.4. The number of esters is 4. The number of carbonyl (C=O) groups is 4. The summed E-state index contributed by atoms with van der Waals surface area (Å²) in [6, 6.07) is 0. The summed E-state index contributed by atoms with van der Waals surface area (Å²) in [7, 11) is -9.98. The highest BCUT2D eigenvalue weighted by Crippen LogP contribution is 2.45. The van der Waals surface area contributed by atoms with Crippen molar-refractivity contribution < 1.29 is 80.2 Å². The van der Waals surface area contributed by atoms with Crippen LogP contribution in [0.3, 0.4) is 0 Å². The van der Waals surface area contributed by atoms with E-state index in [0.29, 0.717) is 25.7 Å². The van der Waals surface area contributed by atoms with Crippen molar-refractivity contribution in [3.63, 3.8) is 0 Å². The molecule has 0 spiro atoms. The Morgan fingerprint density at radius 1 is 0.279 bits per heavy atom. The lowest BCUT2D eigenvalue weighted by Gasteiger charge is -2.21. The third-order valence-corrected chi connectivity index (χ3v) is 19.1. The molecule has 600 valence electrons. The number of phosphoric ester groups is 2. The zero-order chi connectivity index (χ0) is 76.0. The maximum absolute atomic E-state index is 13.1. The van der Waals surface area contributed by atoms with E-state index in [0.717, 1.165) is 186 Å².